The smallest absolute Gasteiger partial charge is 0.208 e. The predicted molar refractivity (Wildman–Crippen MR) is 85.7 cm³/mol. The molecule has 0 atom stereocenters. The van der Waals surface area contributed by atoms with E-state index in [1.165, 1.54) is 20.0 Å². The molecule has 1 saturated heterocycles. The Kier molecular flexibility index (Phi) is 3.41. The van der Waals surface area contributed by atoms with Gasteiger partial charge < -0.3 is 14.2 Å². The van der Waals surface area contributed by atoms with E-state index in [1.807, 2.05) is 10.8 Å². The van der Waals surface area contributed by atoms with E-state index in [1.54, 1.807) is 12.5 Å². The Balaban J connectivity index is 1.38. The van der Waals surface area contributed by atoms with Crippen molar-refractivity contribution in [2.24, 2.45) is 5.41 Å². The number of ether oxygens (including phenoxy) is 1. The second-order valence-corrected chi connectivity index (χ2v) is 6.67. The standard InChI is InChI=1S/C17H20N4O2/c1-23-9-15(22)14-8-20(12-19-14)7-13-2-3-16(18-6-13)21-10-17(11-21)4-5-17/h2-3,6,8,12H,4-5,7,9-11H2,1H3. The van der Waals surface area contributed by atoms with E-state index in [-0.39, 0.29) is 12.4 Å². The number of hydrogen-bond donors (Lipinski definition) is 0. The van der Waals surface area contributed by atoms with Gasteiger partial charge in [0.15, 0.2) is 0 Å². The van der Waals surface area contributed by atoms with Gasteiger partial charge in [0.1, 0.15) is 18.1 Å². The molecule has 0 radical (unpaired) electrons. The van der Waals surface area contributed by atoms with Crippen molar-refractivity contribution >= 4 is 11.6 Å². The van der Waals surface area contributed by atoms with Gasteiger partial charge in [-0.1, -0.05) is 6.07 Å². The number of carbonyl (C=O) groups excluding carboxylic acids is 1. The van der Waals surface area contributed by atoms with Crippen LogP contribution in [-0.2, 0) is 11.3 Å². The summed E-state index contributed by atoms with van der Waals surface area (Å²) < 4.78 is 6.73. The zero-order chi connectivity index (χ0) is 15.9. The first-order valence-corrected chi connectivity index (χ1v) is 7.91. The first-order valence-electron chi connectivity index (χ1n) is 7.91. The van der Waals surface area contributed by atoms with Crippen LogP contribution in [-0.4, -0.2) is 47.1 Å². The molecule has 4 rings (SSSR count). The minimum Gasteiger partial charge on any atom is -0.376 e. The fourth-order valence-corrected chi connectivity index (χ4v) is 3.12. The largest absolute Gasteiger partial charge is 0.376 e. The van der Waals surface area contributed by atoms with Gasteiger partial charge in [-0.15, -0.1) is 0 Å². The van der Waals surface area contributed by atoms with Crippen LogP contribution in [0.25, 0.3) is 0 Å². The molecule has 0 bridgehead atoms. The van der Waals surface area contributed by atoms with Crippen LogP contribution >= 0.6 is 0 Å². The van der Waals surface area contributed by atoms with Crippen molar-refractivity contribution in [3.05, 3.63) is 42.1 Å². The maximum absolute atomic E-state index is 11.7. The Bertz CT molecular complexity index is 710. The Morgan fingerprint density at radius 2 is 2.13 bits per heavy atom. The van der Waals surface area contributed by atoms with Crippen molar-refractivity contribution in [3.63, 3.8) is 0 Å². The van der Waals surface area contributed by atoms with Crippen LogP contribution in [0.5, 0.6) is 0 Å². The number of rotatable bonds is 6. The van der Waals surface area contributed by atoms with Crippen LogP contribution in [0.2, 0.25) is 0 Å². The zero-order valence-corrected chi connectivity index (χ0v) is 13.2. The summed E-state index contributed by atoms with van der Waals surface area (Å²) in [5.74, 6) is 0.958. The number of aromatic nitrogens is 3. The lowest BCUT2D eigenvalue weighted by Crippen LogP contribution is -2.48. The maximum Gasteiger partial charge on any atom is 0.208 e. The highest BCUT2D eigenvalue weighted by Crippen LogP contribution is 2.53. The Hall–Kier alpha value is -2.21. The molecular weight excluding hydrogens is 292 g/mol. The molecule has 2 fully saturated rings. The lowest BCUT2D eigenvalue weighted by molar-refractivity contribution is 0.0843. The van der Waals surface area contributed by atoms with Gasteiger partial charge in [0.25, 0.3) is 0 Å². The van der Waals surface area contributed by atoms with Gasteiger partial charge in [0, 0.05) is 38.0 Å². The van der Waals surface area contributed by atoms with Gasteiger partial charge >= 0.3 is 0 Å². The average molecular weight is 312 g/mol. The third kappa shape index (κ3) is 2.86. The molecular formula is C17H20N4O2. The number of methoxy groups -OCH3 is 1. The summed E-state index contributed by atoms with van der Waals surface area (Å²) >= 11 is 0. The topological polar surface area (TPSA) is 60.2 Å². The van der Waals surface area contributed by atoms with Crippen LogP contribution in [0, 0.1) is 5.41 Å². The third-order valence-corrected chi connectivity index (χ3v) is 4.70. The second kappa shape index (κ2) is 5.45. The van der Waals surface area contributed by atoms with E-state index in [2.05, 4.69) is 27.0 Å². The van der Waals surface area contributed by atoms with Gasteiger partial charge in [-0.2, -0.15) is 0 Å². The lowest BCUT2D eigenvalue weighted by atomic mass is 9.97. The Morgan fingerprint density at radius 1 is 1.30 bits per heavy atom. The quantitative estimate of drug-likeness (QED) is 0.761. The summed E-state index contributed by atoms with van der Waals surface area (Å²) in [6, 6.07) is 4.18. The number of imidazole rings is 1. The Labute approximate surface area is 135 Å². The van der Waals surface area contributed by atoms with E-state index in [9.17, 15) is 4.79 Å². The number of anilines is 1. The van der Waals surface area contributed by atoms with E-state index < -0.39 is 0 Å². The highest BCUT2D eigenvalue weighted by Gasteiger charge is 2.52. The highest BCUT2D eigenvalue weighted by atomic mass is 16.5. The van der Waals surface area contributed by atoms with Gasteiger partial charge in [0.2, 0.25) is 5.78 Å². The van der Waals surface area contributed by atoms with Crippen molar-refractivity contribution in [1.82, 2.24) is 14.5 Å². The van der Waals surface area contributed by atoms with Crippen molar-refractivity contribution in [3.8, 4) is 0 Å². The van der Waals surface area contributed by atoms with E-state index >= 15 is 0 Å². The van der Waals surface area contributed by atoms with Crippen LogP contribution in [0.1, 0.15) is 28.9 Å². The molecule has 3 heterocycles. The zero-order valence-electron chi connectivity index (χ0n) is 13.2. The van der Waals surface area contributed by atoms with Crippen LogP contribution in [0.15, 0.2) is 30.9 Å². The molecule has 0 amide bonds. The van der Waals surface area contributed by atoms with Gasteiger partial charge in [-0.05, 0) is 24.5 Å². The second-order valence-electron chi connectivity index (χ2n) is 6.67. The van der Waals surface area contributed by atoms with E-state index in [0.29, 0.717) is 17.7 Å². The van der Waals surface area contributed by atoms with Gasteiger partial charge in [0.05, 0.1) is 12.9 Å². The monoisotopic (exact) mass is 312 g/mol. The lowest BCUT2D eigenvalue weighted by Gasteiger charge is -2.40. The average Bonchev–Trinajstić information content (AvgIpc) is 3.19. The number of Topliss-reactive ketones (excluding diaryl/α,β-unsaturated/α-hetero) is 1. The SMILES string of the molecule is COCC(=O)c1cn(Cc2ccc(N3CC4(CC4)C3)nc2)cn1. The molecule has 6 heteroatoms. The van der Waals surface area contributed by atoms with E-state index in [0.717, 1.165) is 24.5 Å². The molecule has 2 aromatic rings. The molecule has 2 aliphatic rings. The minimum absolute atomic E-state index is 0.0601. The van der Waals surface area contributed by atoms with Crippen LogP contribution < -0.4 is 4.90 Å². The van der Waals surface area contributed by atoms with Crippen LogP contribution in [0.3, 0.4) is 0 Å². The number of ketones is 1. The van der Waals surface area contributed by atoms with Crippen LogP contribution in [0.4, 0.5) is 5.82 Å². The number of hydrogen-bond acceptors (Lipinski definition) is 5. The summed E-state index contributed by atoms with van der Waals surface area (Å²) in [6.45, 7) is 3.03. The fourth-order valence-electron chi connectivity index (χ4n) is 3.12. The first kappa shape index (κ1) is 14.4. The first-order chi connectivity index (χ1) is 11.2. The normalized spacial score (nSPS) is 18.0. The maximum atomic E-state index is 11.7. The van der Waals surface area contributed by atoms with Crippen molar-refractivity contribution in [2.45, 2.75) is 19.4 Å². The highest BCUT2D eigenvalue weighted by molar-refractivity contribution is 5.95. The van der Waals surface area contributed by atoms with Crippen molar-refractivity contribution in [1.29, 1.82) is 0 Å². The molecule has 1 saturated carbocycles. The molecule has 120 valence electrons. The molecule has 23 heavy (non-hydrogen) atoms. The molecule has 1 spiro atoms. The molecule has 0 unspecified atom stereocenters. The van der Waals surface area contributed by atoms with Crippen molar-refractivity contribution in [2.75, 3.05) is 31.7 Å². The molecule has 2 aromatic heterocycles. The summed E-state index contributed by atoms with van der Waals surface area (Å²) in [5, 5.41) is 0. The van der Waals surface area contributed by atoms with Crippen molar-refractivity contribution < 1.29 is 9.53 Å². The fraction of sp³-hybridized carbons (Fsp3) is 0.471. The molecule has 1 aliphatic heterocycles. The molecule has 0 aromatic carbocycles. The Morgan fingerprint density at radius 3 is 2.78 bits per heavy atom. The minimum atomic E-state index is -0.105. The van der Waals surface area contributed by atoms with Gasteiger partial charge in [-0.3, -0.25) is 4.79 Å². The predicted octanol–water partition coefficient (Wildman–Crippen LogP) is 1.76. The summed E-state index contributed by atoms with van der Waals surface area (Å²) in [4.78, 5) is 22.7. The number of carbonyl (C=O) groups is 1. The number of nitrogens with zero attached hydrogens (tertiary/aromatic N) is 4. The molecule has 1 aliphatic carbocycles. The summed E-state index contributed by atoms with van der Waals surface area (Å²) in [6.07, 6.45) is 8.09. The summed E-state index contributed by atoms with van der Waals surface area (Å²) in [5.41, 5.74) is 2.17. The molecule has 0 N–H and O–H groups in total. The third-order valence-electron chi connectivity index (χ3n) is 4.70. The van der Waals surface area contributed by atoms with Gasteiger partial charge in [-0.25, -0.2) is 9.97 Å². The number of pyridine rings is 1. The molecule has 6 nitrogen and oxygen atoms in total. The summed E-state index contributed by atoms with van der Waals surface area (Å²) in [7, 11) is 1.51. The van der Waals surface area contributed by atoms with E-state index in [4.69, 9.17) is 4.74 Å².